The average molecular weight is 268 g/mol. The van der Waals surface area contributed by atoms with Crippen LogP contribution in [-0.2, 0) is 23.5 Å². The topological polar surface area (TPSA) is 67.6 Å². The molecule has 1 aromatic rings. The molecule has 0 bridgehead atoms. The van der Waals surface area contributed by atoms with Crippen molar-refractivity contribution >= 4 is 16.2 Å². The number of allylic oxidation sites excluding steroid dienone is 1. The molecule has 0 saturated heterocycles. The molecule has 0 aliphatic carbocycles. The maximum atomic E-state index is 12.4. The monoisotopic (exact) mass is 268 g/mol. The van der Waals surface area contributed by atoms with E-state index >= 15 is 0 Å². The van der Waals surface area contributed by atoms with Gasteiger partial charge in [0.15, 0.2) is 0 Å². The lowest BCUT2D eigenvalue weighted by Crippen LogP contribution is -2.44. The molecule has 0 radical (unpaired) electrons. The van der Waals surface area contributed by atoms with Gasteiger partial charge in [-0.2, -0.15) is 0 Å². The summed E-state index contributed by atoms with van der Waals surface area (Å²) in [6.07, 6.45) is 8.44. The lowest BCUT2D eigenvalue weighted by molar-refractivity contribution is 0.481. The van der Waals surface area contributed by atoms with Crippen molar-refractivity contribution in [1.82, 2.24) is 13.9 Å². The van der Waals surface area contributed by atoms with E-state index in [-0.39, 0.29) is 6.42 Å². The van der Waals surface area contributed by atoms with E-state index in [1.54, 1.807) is 29.1 Å². The van der Waals surface area contributed by atoms with Crippen molar-refractivity contribution in [2.75, 3.05) is 14.1 Å². The van der Waals surface area contributed by atoms with Gasteiger partial charge in [-0.15, -0.1) is 0 Å². The van der Waals surface area contributed by atoms with Crippen LogP contribution in [0.4, 0.5) is 0 Å². The summed E-state index contributed by atoms with van der Waals surface area (Å²) >= 11 is 0. The van der Waals surface area contributed by atoms with E-state index in [1.165, 1.54) is 24.6 Å². The highest BCUT2D eigenvalue weighted by atomic mass is 32.2. The Morgan fingerprint density at radius 2 is 2.17 bits per heavy atom. The van der Waals surface area contributed by atoms with Crippen LogP contribution in [0.3, 0.4) is 0 Å². The Bertz CT molecular complexity index is 586. The highest BCUT2D eigenvalue weighted by molar-refractivity contribution is 7.90. The second-order valence-electron chi connectivity index (χ2n) is 4.40. The quantitative estimate of drug-likeness (QED) is 0.783. The molecule has 6 nitrogen and oxygen atoms in total. The zero-order chi connectivity index (χ0) is 13.4. The first-order valence-corrected chi connectivity index (χ1v) is 6.94. The largest absolute Gasteiger partial charge is 0.338 e. The van der Waals surface area contributed by atoms with Gasteiger partial charge in [-0.1, -0.05) is 0 Å². The van der Waals surface area contributed by atoms with E-state index in [0.717, 1.165) is 0 Å². The summed E-state index contributed by atoms with van der Waals surface area (Å²) in [5.74, 6) is 0.684. The Morgan fingerprint density at radius 3 is 2.61 bits per heavy atom. The smallest absolute Gasteiger partial charge is 0.243 e. The highest BCUT2D eigenvalue weighted by Crippen LogP contribution is 2.30. The van der Waals surface area contributed by atoms with Crippen LogP contribution < -0.4 is 0 Å². The third kappa shape index (κ3) is 1.89. The molecule has 0 N–H and O–H groups in total. The molecule has 1 aliphatic rings. The van der Waals surface area contributed by atoms with Crippen molar-refractivity contribution in [3.8, 4) is 0 Å². The molecule has 1 aromatic heterocycles. The summed E-state index contributed by atoms with van der Waals surface area (Å²) in [4.78, 5) is 7.06. The number of rotatable bonds is 4. The fourth-order valence-electron chi connectivity index (χ4n) is 1.86. The number of aliphatic imine (C=N–C) groups is 1. The number of hydrogen-bond acceptors (Lipinski definition) is 4. The van der Waals surface area contributed by atoms with Gasteiger partial charge in [0.1, 0.15) is 5.82 Å². The third-order valence-corrected chi connectivity index (χ3v) is 5.24. The van der Waals surface area contributed by atoms with Gasteiger partial charge in [0.05, 0.1) is 6.42 Å². The molecule has 18 heavy (non-hydrogen) atoms. The molecule has 0 saturated carbocycles. The van der Waals surface area contributed by atoms with Gasteiger partial charge >= 0.3 is 0 Å². The number of sulfonamides is 1. The van der Waals surface area contributed by atoms with Gasteiger partial charge in [0.25, 0.3) is 0 Å². The average Bonchev–Trinajstić information content (AvgIpc) is 2.90. The summed E-state index contributed by atoms with van der Waals surface area (Å²) in [6.45, 7) is 0. The lowest BCUT2D eigenvalue weighted by Gasteiger charge is -2.27. The maximum absolute atomic E-state index is 12.4. The second kappa shape index (κ2) is 4.33. The summed E-state index contributed by atoms with van der Waals surface area (Å²) < 4.78 is 27.8. The van der Waals surface area contributed by atoms with Crippen molar-refractivity contribution in [3.05, 3.63) is 30.4 Å². The second-order valence-corrected chi connectivity index (χ2v) is 6.79. The predicted molar refractivity (Wildman–Crippen MR) is 69.9 cm³/mol. The lowest BCUT2D eigenvalue weighted by atomic mass is 10.2. The highest BCUT2D eigenvalue weighted by Gasteiger charge is 2.45. The van der Waals surface area contributed by atoms with Crippen LogP contribution in [0.15, 0.2) is 29.5 Å². The normalized spacial score (nSPS) is 23.1. The van der Waals surface area contributed by atoms with Gasteiger partial charge < -0.3 is 4.57 Å². The van der Waals surface area contributed by atoms with Gasteiger partial charge in [0, 0.05) is 39.8 Å². The molecule has 1 atom stereocenters. The van der Waals surface area contributed by atoms with Crippen molar-refractivity contribution in [2.24, 2.45) is 12.0 Å². The van der Waals surface area contributed by atoms with Gasteiger partial charge in [-0.05, 0) is 12.2 Å². The minimum Gasteiger partial charge on any atom is -0.338 e. The molecule has 0 spiro atoms. The molecule has 2 heterocycles. The van der Waals surface area contributed by atoms with Crippen LogP contribution >= 0.6 is 0 Å². The fraction of sp³-hybridized carbons (Fsp3) is 0.455. The van der Waals surface area contributed by atoms with Gasteiger partial charge in [-0.3, -0.25) is 4.99 Å². The number of nitrogens with zero attached hydrogens (tertiary/aromatic N) is 4. The first kappa shape index (κ1) is 13.0. The zero-order valence-corrected chi connectivity index (χ0v) is 11.4. The number of aryl methyl sites for hydroxylation is 1. The Balaban J connectivity index is 2.45. The van der Waals surface area contributed by atoms with E-state index in [1.807, 2.05) is 7.05 Å². The SMILES string of the molecule is CN(C)S(=O)(=O)C1(Cc2nccn2C)C=CC=N1. The molecular weight excluding hydrogens is 252 g/mol. The Hall–Kier alpha value is -1.47. The summed E-state index contributed by atoms with van der Waals surface area (Å²) in [7, 11) is 1.32. The molecule has 1 aliphatic heterocycles. The van der Waals surface area contributed by atoms with Crippen molar-refractivity contribution < 1.29 is 8.42 Å². The Labute approximate surface area is 107 Å². The summed E-state index contributed by atoms with van der Waals surface area (Å²) in [6, 6.07) is 0. The van der Waals surface area contributed by atoms with E-state index < -0.39 is 14.9 Å². The molecular formula is C11H16N4O2S. The van der Waals surface area contributed by atoms with Crippen LogP contribution in [0.1, 0.15) is 5.82 Å². The molecule has 98 valence electrons. The summed E-state index contributed by atoms with van der Waals surface area (Å²) in [5, 5.41) is 0. The van der Waals surface area contributed by atoms with Crippen LogP contribution in [0.5, 0.6) is 0 Å². The van der Waals surface area contributed by atoms with Crippen molar-refractivity contribution in [1.29, 1.82) is 0 Å². The Morgan fingerprint density at radius 1 is 1.44 bits per heavy atom. The molecule has 0 fully saturated rings. The number of hydrogen-bond donors (Lipinski definition) is 0. The van der Waals surface area contributed by atoms with E-state index in [4.69, 9.17) is 0 Å². The number of aromatic nitrogens is 2. The predicted octanol–water partition coefficient (Wildman–Crippen LogP) is 0.191. The first-order valence-electron chi connectivity index (χ1n) is 5.50. The zero-order valence-electron chi connectivity index (χ0n) is 10.6. The minimum atomic E-state index is -3.54. The van der Waals surface area contributed by atoms with E-state index in [0.29, 0.717) is 5.82 Å². The Kier molecular flexibility index (Phi) is 3.12. The van der Waals surface area contributed by atoms with Crippen LogP contribution in [-0.4, -0.2) is 47.5 Å². The van der Waals surface area contributed by atoms with E-state index in [2.05, 4.69) is 9.98 Å². The molecule has 7 heteroatoms. The van der Waals surface area contributed by atoms with Crippen LogP contribution in [0, 0.1) is 0 Å². The van der Waals surface area contributed by atoms with E-state index in [9.17, 15) is 8.42 Å². The minimum absolute atomic E-state index is 0.226. The van der Waals surface area contributed by atoms with Crippen LogP contribution in [0.25, 0.3) is 0 Å². The van der Waals surface area contributed by atoms with Gasteiger partial charge in [-0.25, -0.2) is 17.7 Å². The van der Waals surface area contributed by atoms with Crippen LogP contribution in [0.2, 0.25) is 0 Å². The van der Waals surface area contributed by atoms with Crippen molar-refractivity contribution in [3.63, 3.8) is 0 Å². The molecule has 0 amide bonds. The summed E-state index contributed by atoms with van der Waals surface area (Å²) in [5.41, 5.74) is 0. The molecule has 2 rings (SSSR count). The van der Waals surface area contributed by atoms with Gasteiger partial charge in [0.2, 0.25) is 14.9 Å². The third-order valence-electron chi connectivity index (χ3n) is 3.00. The van der Waals surface area contributed by atoms with Crippen molar-refractivity contribution in [2.45, 2.75) is 11.3 Å². The first-order chi connectivity index (χ1) is 8.39. The maximum Gasteiger partial charge on any atom is 0.243 e. The molecule has 0 aromatic carbocycles. The number of imidazole rings is 1. The fourth-order valence-corrected chi connectivity index (χ4v) is 3.25. The molecule has 1 unspecified atom stereocenters. The standard InChI is InChI=1S/C11H16N4O2S/c1-14(2)18(16,17)11(5-4-6-13-11)9-10-12-7-8-15(10)3/h4-8H,9H2,1-3H3.